The van der Waals surface area contributed by atoms with Crippen LogP contribution in [0.5, 0.6) is 0 Å². The van der Waals surface area contributed by atoms with Gasteiger partial charge in [0.05, 0.1) is 6.54 Å². The highest BCUT2D eigenvalue weighted by Gasteiger charge is 2.43. The molecule has 1 aliphatic heterocycles. The maximum Gasteiger partial charge on any atom is 0.0600 e. The molecule has 1 N–H and O–H groups in total. The maximum atomic E-state index is 5.33. The number of hydrogen-bond acceptors (Lipinski definition) is 2. The fourth-order valence-electron chi connectivity index (χ4n) is 2.36. The Kier molecular flexibility index (Phi) is 2.31. The lowest BCUT2D eigenvalue weighted by molar-refractivity contribution is 0.140. The normalized spacial score (nSPS) is 35.7. The smallest absolute Gasteiger partial charge is 0.0600 e. The highest BCUT2D eigenvalue weighted by molar-refractivity contribution is 5.03. The molecule has 1 saturated carbocycles. The van der Waals surface area contributed by atoms with Crippen molar-refractivity contribution < 1.29 is 0 Å². The van der Waals surface area contributed by atoms with Gasteiger partial charge in [-0.3, -0.25) is 4.90 Å². The molecule has 1 aliphatic carbocycles. The van der Waals surface area contributed by atoms with E-state index in [4.69, 9.17) is 6.42 Å². The molecule has 0 bridgehead atoms. The van der Waals surface area contributed by atoms with Gasteiger partial charge in [0, 0.05) is 25.2 Å². The predicted molar refractivity (Wildman–Crippen MR) is 54.4 cm³/mol. The van der Waals surface area contributed by atoms with Gasteiger partial charge in [-0.05, 0) is 25.7 Å². The Morgan fingerprint density at radius 1 is 1.62 bits per heavy atom. The number of rotatable bonds is 2. The van der Waals surface area contributed by atoms with Crippen LogP contribution in [-0.2, 0) is 0 Å². The summed E-state index contributed by atoms with van der Waals surface area (Å²) in [4.78, 5) is 2.38. The van der Waals surface area contributed by atoms with E-state index in [1.807, 2.05) is 0 Å². The van der Waals surface area contributed by atoms with Crippen molar-refractivity contribution in [1.29, 1.82) is 0 Å². The predicted octanol–water partition coefficient (Wildman–Crippen LogP) is 0.693. The van der Waals surface area contributed by atoms with Crippen molar-refractivity contribution in [1.82, 2.24) is 10.2 Å². The molecule has 2 fully saturated rings. The summed E-state index contributed by atoms with van der Waals surface area (Å²) in [7, 11) is 0. The van der Waals surface area contributed by atoms with Crippen LogP contribution >= 0.6 is 0 Å². The summed E-state index contributed by atoms with van der Waals surface area (Å²) < 4.78 is 0. The number of terminal acetylenes is 1. The van der Waals surface area contributed by atoms with Gasteiger partial charge >= 0.3 is 0 Å². The molecule has 72 valence electrons. The van der Waals surface area contributed by atoms with Crippen LogP contribution in [-0.4, -0.2) is 36.6 Å². The van der Waals surface area contributed by atoms with Gasteiger partial charge in [-0.1, -0.05) is 5.92 Å². The second-order valence-corrected chi connectivity index (χ2v) is 4.53. The molecule has 0 radical (unpaired) electrons. The van der Waals surface area contributed by atoms with Crippen LogP contribution in [0.3, 0.4) is 0 Å². The summed E-state index contributed by atoms with van der Waals surface area (Å²) in [5, 5.41) is 3.64. The monoisotopic (exact) mass is 178 g/mol. The van der Waals surface area contributed by atoms with E-state index in [9.17, 15) is 0 Å². The van der Waals surface area contributed by atoms with Crippen molar-refractivity contribution >= 4 is 0 Å². The Balaban J connectivity index is 1.94. The average molecular weight is 178 g/mol. The van der Waals surface area contributed by atoms with Crippen LogP contribution in [0.1, 0.15) is 19.8 Å². The molecule has 2 rings (SSSR count). The second kappa shape index (κ2) is 3.32. The molecule has 0 aromatic rings. The Labute approximate surface area is 80.7 Å². The third-order valence-electron chi connectivity index (χ3n) is 3.30. The van der Waals surface area contributed by atoms with E-state index in [-0.39, 0.29) is 0 Å². The Morgan fingerprint density at radius 3 is 3.00 bits per heavy atom. The van der Waals surface area contributed by atoms with Crippen LogP contribution in [0.25, 0.3) is 0 Å². The number of hydrogen-bond donors (Lipinski definition) is 1. The van der Waals surface area contributed by atoms with Gasteiger partial charge in [-0.15, -0.1) is 6.42 Å². The average Bonchev–Trinajstić information content (AvgIpc) is 2.86. The van der Waals surface area contributed by atoms with Gasteiger partial charge in [-0.25, -0.2) is 0 Å². The summed E-state index contributed by atoms with van der Waals surface area (Å²) in [6, 6.07) is 0. The standard InChI is InChI=1S/C11H18N2/c1-3-7-13-8-6-12-11(2,9-13)10-4-5-10/h1,10,12H,4-9H2,2H3. The zero-order chi connectivity index (χ0) is 9.31. The lowest BCUT2D eigenvalue weighted by Gasteiger charge is -2.41. The summed E-state index contributed by atoms with van der Waals surface area (Å²) in [6.45, 7) is 6.47. The second-order valence-electron chi connectivity index (χ2n) is 4.53. The van der Waals surface area contributed by atoms with Gasteiger partial charge in [0.25, 0.3) is 0 Å². The number of nitrogens with zero attached hydrogens (tertiary/aromatic N) is 1. The van der Waals surface area contributed by atoms with Crippen molar-refractivity contribution in [2.24, 2.45) is 5.92 Å². The fourth-order valence-corrected chi connectivity index (χ4v) is 2.36. The minimum Gasteiger partial charge on any atom is -0.309 e. The van der Waals surface area contributed by atoms with E-state index in [1.54, 1.807) is 0 Å². The topological polar surface area (TPSA) is 15.3 Å². The first-order chi connectivity index (χ1) is 6.24. The third-order valence-corrected chi connectivity index (χ3v) is 3.30. The number of piperazine rings is 1. The van der Waals surface area contributed by atoms with Crippen molar-refractivity contribution in [3.63, 3.8) is 0 Å². The maximum absolute atomic E-state index is 5.33. The van der Waals surface area contributed by atoms with Gasteiger partial charge in [0.2, 0.25) is 0 Å². The summed E-state index contributed by atoms with van der Waals surface area (Å²) in [5.74, 6) is 3.63. The Hall–Kier alpha value is -0.520. The van der Waals surface area contributed by atoms with E-state index in [0.717, 1.165) is 32.1 Å². The molecule has 2 aliphatic rings. The first-order valence-electron chi connectivity index (χ1n) is 5.15. The summed E-state index contributed by atoms with van der Waals surface area (Å²) in [5.41, 5.74) is 0.342. The zero-order valence-corrected chi connectivity index (χ0v) is 8.34. The Morgan fingerprint density at radius 2 is 2.38 bits per heavy atom. The van der Waals surface area contributed by atoms with E-state index in [2.05, 4.69) is 23.1 Å². The van der Waals surface area contributed by atoms with Gasteiger partial charge in [0.1, 0.15) is 0 Å². The highest BCUT2D eigenvalue weighted by atomic mass is 15.2. The molecule has 1 unspecified atom stereocenters. The van der Waals surface area contributed by atoms with Crippen molar-refractivity contribution in [3.8, 4) is 12.3 Å². The van der Waals surface area contributed by atoms with Crippen LogP contribution < -0.4 is 5.32 Å². The molecule has 0 amide bonds. The molecule has 13 heavy (non-hydrogen) atoms. The molecular formula is C11H18N2. The molecule has 1 saturated heterocycles. The molecule has 0 aromatic heterocycles. The molecule has 2 heteroatoms. The van der Waals surface area contributed by atoms with Gasteiger partial charge in [-0.2, -0.15) is 0 Å². The third kappa shape index (κ3) is 1.87. The van der Waals surface area contributed by atoms with Crippen molar-refractivity contribution in [2.75, 3.05) is 26.2 Å². The van der Waals surface area contributed by atoms with Crippen LogP contribution in [0.2, 0.25) is 0 Å². The molecule has 0 spiro atoms. The quantitative estimate of drug-likeness (QED) is 0.626. The highest BCUT2D eigenvalue weighted by Crippen LogP contribution is 2.40. The fraction of sp³-hybridized carbons (Fsp3) is 0.818. The van der Waals surface area contributed by atoms with E-state index in [1.165, 1.54) is 12.8 Å². The van der Waals surface area contributed by atoms with Crippen LogP contribution in [0.15, 0.2) is 0 Å². The molecule has 1 atom stereocenters. The lowest BCUT2D eigenvalue weighted by atomic mass is 9.93. The zero-order valence-electron chi connectivity index (χ0n) is 8.34. The molecule has 0 aromatic carbocycles. The summed E-state index contributed by atoms with van der Waals surface area (Å²) in [6.07, 6.45) is 8.12. The minimum absolute atomic E-state index is 0.342. The van der Waals surface area contributed by atoms with E-state index < -0.39 is 0 Å². The lowest BCUT2D eigenvalue weighted by Crippen LogP contribution is -2.59. The van der Waals surface area contributed by atoms with Crippen molar-refractivity contribution in [2.45, 2.75) is 25.3 Å². The first-order valence-corrected chi connectivity index (χ1v) is 5.15. The van der Waals surface area contributed by atoms with Crippen LogP contribution in [0.4, 0.5) is 0 Å². The summed E-state index contributed by atoms with van der Waals surface area (Å²) >= 11 is 0. The first kappa shape index (κ1) is 9.05. The molecular weight excluding hydrogens is 160 g/mol. The van der Waals surface area contributed by atoms with E-state index in [0.29, 0.717) is 5.54 Å². The molecule has 2 nitrogen and oxygen atoms in total. The minimum atomic E-state index is 0.342. The number of nitrogens with one attached hydrogen (secondary N) is 1. The molecule has 1 heterocycles. The largest absolute Gasteiger partial charge is 0.309 e. The SMILES string of the molecule is C#CCN1CCNC(C)(C2CC2)C1. The van der Waals surface area contributed by atoms with Gasteiger partial charge < -0.3 is 5.32 Å². The van der Waals surface area contributed by atoms with Crippen LogP contribution in [0, 0.1) is 18.3 Å². The van der Waals surface area contributed by atoms with Gasteiger partial charge in [0.15, 0.2) is 0 Å². The Bertz CT molecular complexity index is 227. The van der Waals surface area contributed by atoms with Crippen molar-refractivity contribution in [3.05, 3.63) is 0 Å². The van der Waals surface area contributed by atoms with E-state index >= 15 is 0 Å².